The van der Waals surface area contributed by atoms with E-state index >= 15 is 0 Å². The van der Waals surface area contributed by atoms with E-state index in [2.05, 4.69) is 0 Å². The van der Waals surface area contributed by atoms with Crippen LogP contribution in [0.25, 0.3) is 0 Å². The summed E-state index contributed by atoms with van der Waals surface area (Å²) in [5.74, 6) is -1.90. The van der Waals surface area contributed by atoms with Crippen molar-refractivity contribution in [3.05, 3.63) is 29.8 Å². The van der Waals surface area contributed by atoms with Crippen molar-refractivity contribution in [2.75, 3.05) is 6.67 Å². The number of aromatic hydroxyl groups is 1. The molecule has 0 aliphatic carbocycles. The number of phenolic OH excluding ortho intramolecular Hbond substituents is 1. The molecule has 1 rings (SSSR count). The van der Waals surface area contributed by atoms with Gasteiger partial charge in [-0.1, -0.05) is 18.2 Å². The van der Waals surface area contributed by atoms with Crippen LogP contribution in [0.1, 0.15) is 17.9 Å². The molecule has 0 aromatic heterocycles. The van der Waals surface area contributed by atoms with Gasteiger partial charge in [0.1, 0.15) is 5.75 Å². The maximum absolute atomic E-state index is 12.5. The fourth-order valence-corrected chi connectivity index (χ4v) is 1.29. The molecule has 1 aromatic carbocycles. The molecular formula is C10H11FO3. The minimum absolute atomic E-state index is 0.0589. The van der Waals surface area contributed by atoms with Crippen molar-refractivity contribution in [1.29, 1.82) is 0 Å². The number of rotatable bonds is 4. The maximum Gasteiger partial charge on any atom is 0.304 e. The summed E-state index contributed by atoms with van der Waals surface area (Å²) in [5, 5.41) is 17.9. The number of carboxylic acids is 1. The van der Waals surface area contributed by atoms with Crippen LogP contribution < -0.4 is 0 Å². The quantitative estimate of drug-likeness (QED) is 0.777. The Balaban J connectivity index is 2.89. The lowest BCUT2D eigenvalue weighted by molar-refractivity contribution is -0.137. The molecule has 14 heavy (non-hydrogen) atoms. The Hall–Kier alpha value is -1.58. The second kappa shape index (κ2) is 4.60. The number of benzene rings is 1. The molecule has 0 fully saturated rings. The Labute approximate surface area is 80.8 Å². The van der Waals surface area contributed by atoms with Gasteiger partial charge in [-0.25, -0.2) is 0 Å². The molecule has 3 nitrogen and oxygen atoms in total. The summed E-state index contributed by atoms with van der Waals surface area (Å²) < 4.78 is 12.5. The highest BCUT2D eigenvalue weighted by molar-refractivity contribution is 5.68. The molecule has 0 amide bonds. The van der Waals surface area contributed by atoms with Gasteiger partial charge in [0.05, 0.1) is 13.1 Å². The van der Waals surface area contributed by atoms with Crippen LogP contribution in [0, 0.1) is 0 Å². The SMILES string of the molecule is O=C(O)CC(CF)c1ccccc1O. The van der Waals surface area contributed by atoms with Crippen molar-refractivity contribution in [3.63, 3.8) is 0 Å². The zero-order chi connectivity index (χ0) is 10.6. The van der Waals surface area contributed by atoms with Gasteiger partial charge in [0.25, 0.3) is 0 Å². The summed E-state index contributed by atoms with van der Waals surface area (Å²) in [6.45, 7) is -0.788. The minimum Gasteiger partial charge on any atom is -0.508 e. The summed E-state index contributed by atoms with van der Waals surface area (Å²) in [6.07, 6.45) is -0.311. The van der Waals surface area contributed by atoms with Gasteiger partial charge in [-0.05, 0) is 6.07 Å². The van der Waals surface area contributed by atoms with Crippen molar-refractivity contribution in [1.82, 2.24) is 0 Å². The number of carbonyl (C=O) groups is 1. The van der Waals surface area contributed by atoms with Crippen molar-refractivity contribution >= 4 is 5.97 Å². The number of halogens is 1. The normalized spacial score (nSPS) is 12.4. The number of phenols is 1. The standard InChI is InChI=1S/C10H11FO3/c11-6-7(5-10(13)14)8-3-1-2-4-9(8)12/h1-4,7,12H,5-6H2,(H,13,14). The molecule has 0 aliphatic heterocycles. The van der Waals surface area contributed by atoms with Crippen LogP contribution in [0.2, 0.25) is 0 Å². The van der Waals surface area contributed by atoms with E-state index < -0.39 is 18.6 Å². The van der Waals surface area contributed by atoms with Crippen LogP contribution in [0.15, 0.2) is 24.3 Å². The summed E-state index contributed by atoms with van der Waals surface area (Å²) in [5.41, 5.74) is 0.345. The Morgan fingerprint density at radius 1 is 1.43 bits per heavy atom. The Morgan fingerprint density at radius 3 is 2.57 bits per heavy atom. The van der Waals surface area contributed by atoms with Gasteiger partial charge in [0.2, 0.25) is 0 Å². The molecule has 1 aromatic rings. The number of hydrogen-bond donors (Lipinski definition) is 2. The predicted molar refractivity (Wildman–Crippen MR) is 49.1 cm³/mol. The fraction of sp³-hybridized carbons (Fsp3) is 0.300. The third kappa shape index (κ3) is 2.45. The average Bonchev–Trinajstić information content (AvgIpc) is 2.15. The van der Waals surface area contributed by atoms with E-state index in [4.69, 9.17) is 5.11 Å². The lowest BCUT2D eigenvalue weighted by Gasteiger charge is -2.12. The predicted octanol–water partition coefficient (Wildman–Crippen LogP) is 1.92. The van der Waals surface area contributed by atoms with E-state index in [-0.39, 0.29) is 12.2 Å². The molecule has 0 aliphatic rings. The molecular weight excluding hydrogens is 187 g/mol. The van der Waals surface area contributed by atoms with E-state index in [1.807, 2.05) is 0 Å². The molecule has 1 unspecified atom stereocenters. The largest absolute Gasteiger partial charge is 0.508 e. The number of carboxylic acid groups (broad SMARTS) is 1. The number of para-hydroxylation sites is 1. The van der Waals surface area contributed by atoms with Gasteiger partial charge in [0.15, 0.2) is 0 Å². The summed E-state index contributed by atoms with van der Waals surface area (Å²) >= 11 is 0. The minimum atomic E-state index is -1.07. The lowest BCUT2D eigenvalue weighted by Crippen LogP contribution is -2.08. The molecule has 0 bridgehead atoms. The smallest absolute Gasteiger partial charge is 0.304 e. The summed E-state index contributed by atoms with van der Waals surface area (Å²) in [4.78, 5) is 10.4. The van der Waals surface area contributed by atoms with Gasteiger partial charge in [-0.2, -0.15) is 0 Å². The number of hydrogen-bond acceptors (Lipinski definition) is 2. The zero-order valence-electron chi connectivity index (χ0n) is 7.48. The van der Waals surface area contributed by atoms with Crippen LogP contribution in [-0.2, 0) is 4.79 Å². The monoisotopic (exact) mass is 198 g/mol. The van der Waals surface area contributed by atoms with E-state index in [1.54, 1.807) is 12.1 Å². The van der Waals surface area contributed by atoms with Crippen LogP contribution in [0.5, 0.6) is 5.75 Å². The van der Waals surface area contributed by atoms with Gasteiger partial charge >= 0.3 is 5.97 Å². The summed E-state index contributed by atoms with van der Waals surface area (Å²) in [7, 11) is 0. The van der Waals surface area contributed by atoms with Crippen molar-refractivity contribution < 1.29 is 19.4 Å². The Morgan fingerprint density at radius 2 is 2.07 bits per heavy atom. The Kier molecular flexibility index (Phi) is 3.45. The molecule has 0 heterocycles. The van der Waals surface area contributed by atoms with Crippen LogP contribution in [-0.4, -0.2) is 22.9 Å². The molecule has 0 saturated heterocycles. The highest BCUT2D eigenvalue weighted by atomic mass is 19.1. The van der Waals surface area contributed by atoms with Gasteiger partial charge in [-0.3, -0.25) is 9.18 Å². The first-order valence-electron chi connectivity index (χ1n) is 4.20. The van der Waals surface area contributed by atoms with Gasteiger partial charge in [0, 0.05) is 11.5 Å². The first kappa shape index (κ1) is 10.5. The van der Waals surface area contributed by atoms with Crippen LogP contribution in [0.3, 0.4) is 0 Å². The number of alkyl halides is 1. The zero-order valence-corrected chi connectivity index (χ0v) is 7.48. The van der Waals surface area contributed by atoms with E-state index in [1.165, 1.54) is 12.1 Å². The molecule has 0 radical (unpaired) electrons. The second-order valence-corrected chi connectivity index (χ2v) is 3.01. The summed E-state index contributed by atoms with van der Waals surface area (Å²) in [6, 6.07) is 6.19. The Bertz CT molecular complexity index is 325. The molecule has 1 atom stereocenters. The van der Waals surface area contributed by atoms with Gasteiger partial charge in [-0.15, -0.1) is 0 Å². The highest BCUT2D eigenvalue weighted by Crippen LogP contribution is 2.28. The molecule has 0 spiro atoms. The van der Waals surface area contributed by atoms with Gasteiger partial charge < -0.3 is 10.2 Å². The fourth-order valence-electron chi connectivity index (χ4n) is 1.29. The van der Waals surface area contributed by atoms with E-state index in [0.717, 1.165) is 0 Å². The maximum atomic E-state index is 12.5. The topological polar surface area (TPSA) is 57.5 Å². The third-order valence-electron chi connectivity index (χ3n) is 1.98. The third-order valence-corrected chi connectivity index (χ3v) is 1.98. The van der Waals surface area contributed by atoms with Crippen molar-refractivity contribution in [3.8, 4) is 5.75 Å². The van der Waals surface area contributed by atoms with E-state index in [9.17, 15) is 14.3 Å². The molecule has 76 valence electrons. The highest BCUT2D eigenvalue weighted by Gasteiger charge is 2.17. The first-order chi connectivity index (χ1) is 6.65. The van der Waals surface area contributed by atoms with Crippen LogP contribution >= 0.6 is 0 Å². The van der Waals surface area contributed by atoms with Crippen molar-refractivity contribution in [2.45, 2.75) is 12.3 Å². The molecule has 4 heteroatoms. The molecule has 2 N–H and O–H groups in total. The average molecular weight is 198 g/mol. The second-order valence-electron chi connectivity index (χ2n) is 3.01. The number of aliphatic carboxylic acids is 1. The lowest BCUT2D eigenvalue weighted by atomic mass is 9.96. The van der Waals surface area contributed by atoms with Crippen molar-refractivity contribution in [2.24, 2.45) is 0 Å². The molecule has 0 saturated carbocycles. The first-order valence-corrected chi connectivity index (χ1v) is 4.20. The van der Waals surface area contributed by atoms with Crippen LogP contribution in [0.4, 0.5) is 4.39 Å². The van der Waals surface area contributed by atoms with E-state index in [0.29, 0.717) is 5.56 Å².